The maximum absolute atomic E-state index is 11.9. The van der Waals surface area contributed by atoms with E-state index >= 15 is 0 Å². The summed E-state index contributed by atoms with van der Waals surface area (Å²) in [5.74, 6) is -0.225. The molecule has 0 bridgehead atoms. The maximum Gasteiger partial charge on any atom is 0.259 e. The van der Waals surface area contributed by atoms with Crippen molar-refractivity contribution in [1.82, 2.24) is 4.98 Å². The molecule has 88 valence electrons. The summed E-state index contributed by atoms with van der Waals surface area (Å²) >= 11 is 1.46. The van der Waals surface area contributed by atoms with Crippen molar-refractivity contribution in [3.8, 4) is 0 Å². The van der Waals surface area contributed by atoms with Crippen LogP contribution in [0.15, 0.2) is 24.3 Å². The first-order valence-electron chi connectivity index (χ1n) is 5.18. The Labute approximate surface area is 103 Å². The second kappa shape index (κ2) is 4.55. The molecule has 0 spiro atoms. The van der Waals surface area contributed by atoms with Crippen LogP contribution in [0.25, 0.3) is 0 Å². The number of hydrogen-bond donors (Lipinski definition) is 2. The number of nitrogens with zero attached hydrogens (tertiary/aromatic N) is 1. The van der Waals surface area contributed by atoms with Crippen molar-refractivity contribution in [3.05, 3.63) is 40.4 Å². The molecule has 0 saturated heterocycles. The number of rotatable bonds is 2. The van der Waals surface area contributed by atoms with Gasteiger partial charge in [-0.25, -0.2) is 4.98 Å². The highest BCUT2D eigenvalue weighted by Gasteiger charge is 2.11. The minimum absolute atomic E-state index is 0.225. The molecule has 17 heavy (non-hydrogen) atoms. The highest BCUT2D eigenvalue weighted by molar-refractivity contribution is 7.15. The van der Waals surface area contributed by atoms with Gasteiger partial charge in [-0.05, 0) is 26.0 Å². The minimum Gasteiger partial charge on any atom is -0.398 e. The number of thiazole rings is 1. The number of anilines is 2. The van der Waals surface area contributed by atoms with Crippen molar-refractivity contribution in [3.63, 3.8) is 0 Å². The molecule has 1 amide bonds. The standard InChI is InChI=1S/C12H13N3OS/c1-7-8(2)17-12(14-7)15-11(16)9-5-3-4-6-10(9)13/h3-6H,13H2,1-2H3,(H,14,15,16). The van der Waals surface area contributed by atoms with Gasteiger partial charge in [0.25, 0.3) is 5.91 Å². The summed E-state index contributed by atoms with van der Waals surface area (Å²) in [6, 6.07) is 6.97. The SMILES string of the molecule is Cc1nc(NC(=O)c2ccccc2N)sc1C. The predicted octanol–water partition coefficient (Wildman–Crippen LogP) is 2.59. The molecule has 4 nitrogen and oxygen atoms in total. The van der Waals surface area contributed by atoms with Crippen LogP contribution in [0.4, 0.5) is 10.8 Å². The third-order valence-electron chi connectivity index (χ3n) is 2.45. The molecule has 1 aromatic carbocycles. The van der Waals surface area contributed by atoms with E-state index in [0.29, 0.717) is 16.4 Å². The van der Waals surface area contributed by atoms with E-state index in [-0.39, 0.29) is 5.91 Å². The largest absolute Gasteiger partial charge is 0.398 e. The van der Waals surface area contributed by atoms with Gasteiger partial charge < -0.3 is 5.73 Å². The fourth-order valence-corrected chi connectivity index (χ4v) is 2.20. The molecule has 5 heteroatoms. The second-order valence-corrected chi connectivity index (χ2v) is 4.91. The van der Waals surface area contributed by atoms with Gasteiger partial charge in [0.1, 0.15) is 0 Å². The highest BCUT2D eigenvalue weighted by atomic mass is 32.1. The molecule has 0 fully saturated rings. The summed E-state index contributed by atoms with van der Waals surface area (Å²) in [6.45, 7) is 3.89. The number of carbonyl (C=O) groups excluding carboxylic acids is 1. The van der Waals surface area contributed by atoms with Crippen molar-refractivity contribution in [1.29, 1.82) is 0 Å². The molecular weight excluding hydrogens is 234 g/mol. The molecule has 2 rings (SSSR count). The van der Waals surface area contributed by atoms with E-state index in [1.807, 2.05) is 13.8 Å². The van der Waals surface area contributed by atoms with E-state index in [4.69, 9.17) is 5.73 Å². The number of aromatic nitrogens is 1. The van der Waals surface area contributed by atoms with Gasteiger partial charge in [0.05, 0.1) is 11.3 Å². The molecule has 0 atom stereocenters. The Bertz CT molecular complexity index is 543. The molecule has 3 N–H and O–H groups in total. The fraction of sp³-hybridized carbons (Fsp3) is 0.167. The Kier molecular flexibility index (Phi) is 3.10. The van der Waals surface area contributed by atoms with E-state index < -0.39 is 0 Å². The normalized spacial score (nSPS) is 10.2. The number of para-hydroxylation sites is 1. The quantitative estimate of drug-likeness (QED) is 0.801. The van der Waals surface area contributed by atoms with Gasteiger partial charge in [0.2, 0.25) is 0 Å². The van der Waals surface area contributed by atoms with Gasteiger partial charge >= 0.3 is 0 Å². The van der Waals surface area contributed by atoms with E-state index in [9.17, 15) is 4.79 Å². The van der Waals surface area contributed by atoms with Crippen LogP contribution < -0.4 is 11.1 Å². The van der Waals surface area contributed by atoms with E-state index in [1.54, 1.807) is 24.3 Å². The zero-order valence-electron chi connectivity index (χ0n) is 9.65. The molecule has 0 radical (unpaired) electrons. The fourth-order valence-electron chi connectivity index (χ4n) is 1.39. The lowest BCUT2D eigenvalue weighted by Crippen LogP contribution is -2.13. The number of amides is 1. The number of carbonyl (C=O) groups is 1. The van der Waals surface area contributed by atoms with Crippen molar-refractivity contribution in [2.75, 3.05) is 11.1 Å². The molecule has 0 aliphatic carbocycles. The van der Waals surface area contributed by atoms with E-state index in [2.05, 4.69) is 10.3 Å². The number of benzene rings is 1. The van der Waals surface area contributed by atoms with Crippen LogP contribution in [0.2, 0.25) is 0 Å². The third-order valence-corrected chi connectivity index (χ3v) is 3.44. The lowest BCUT2D eigenvalue weighted by molar-refractivity contribution is 0.102. The lowest BCUT2D eigenvalue weighted by Gasteiger charge is -2.04. The number of nitrogens with two attached hydrogens (primary N) is 1. The first kappa shape index (κ1) is 11.6. The molecular formula is C12H13N3OS. The van der Waals surface area contributed by atoms with Crippen LogP contribution >= 0.6 is 11.3 Å². The van der Waals surface area contributed by atoms with Crippen molar-refractivity contribution >= 4 is 28.1 Å². The second-order valence-electron chi connectivity index (χ2n) is 3.70. The molecule has 0 aliphatic heterocycles. The average Bonchev–Trinajstić information content (AvgIpc) is 2.58. The topological polar surface area (TPSA) is 68.0 Å². The Morgan fingerprint density at radius 2 is 2.06 bits per heavy atom. The molecule has 0 unspecified atom stereocenters. The summed E-state index contributed by atoms with van der Waals surface area (Å²) in [6.07, 6.45) is 0. The molecule has 0 saturated carbocycles. The van der Waals surface area contributed by atoms with Gasteiger partial charge in [-0.2, -0.15) is 0 Å². The van der Waals surface area contributed by atoms with Gasteiger partial charge in [-0.3, -0.25) is 10.1 Å². The summed E-state index contributed by atoms with van der Waals surface area (Å²) < 4.78 is 0. The highest BCUT2D eigenvalue weighted by Crippen LogP contribution is 2.22. The summed E-state index contributed by atoms with van der Waals surface area (Å²) in [7, 11) is 0. The van der Waals surface area contributed by atoms with Crippen LogP contribution in [0.1, 0.15) is 20.9 Å². The van der Waals surface area contributed by atoms with Crippen LogP contribution in [0.5, 0.6) is 0 Å². The third kappa shape index (κ3) is 2.45. The first-order chi connectivity index (χ1) is 8.08. The van der Waals surface area contributed by atoms with Gasteiger partial charge in [-0.1, -0.05) is 12.1 Å². The van der Waals surface area contributed by atoms with E-state index in [0.717, 1.165) is 10.6 Å². The molecule has 1 heterocycles. The smallest absolute Gasteiger partial charge is 0.259 e. The Morgan fingerprint density at radius 3 is 2.65 bits per heavy atom. The van der Waals surface area contributed by atoms with E-state index in [1.165, 1.54) is 11.3 Å². The molecule has 0 aliphatic rings. The van der Waals surface area contributed by atoms with Gasteiger partial charge in [0, 0.05) is 10.6 Å². The zero-order valence-corrected chi connectivity index (χ0v) is 10.5. The summed E-state index contributed by atoms with van der Waals surface area (Å²) in [5.41, 5.74) is 7.61. The predicted molar refractivity (Wildman–Crippen MR) is 70.4 cm³/mol. The van der Waals surface area contributed by atoms with Crippen molar-refractivity contribution < 1.29 is 4.79 Å². The minimum atomic E-state index is -0.225. The average molecular weight is 247 g/mol. The Hall–Kier alpha value is -1.88. The number of aryl methyl sites for hydroxylation is 2. The number of hydrogen-bond acceptors (Lipinski definition) is 4. The van der Waals surface area contributed by atoms with Crippen LogP contribution in [-0.2, 0) is 0 Å². The van der Waals surface area contributed by atoms with Crippen LogP contribution in [0, 0.1) is 13.8 Å². The van der Waals surface area contributed by atoms with Crippen LogP contribution in [0.3, 0.4) is 0 Å². The molecule has 1 aromatic heterocycles. The lowest BCUT2D eigenvalue weighted by atomic mass is 10.2. The van der Waals surface area contributed by atoms with Crippen LogP contribution in [-0.4, -0.2) is 10.9 Å². The monoisotopic (exact) mass is 247 g/mol. The first-order valence-corrected chi connectivity index (χ1v) is 5.99. The van der Waals surface area contributed by atoms with Gasteiger partial charge in [-0.15, -0.1) is 11.3 Å². The molecule has 2 aromatic rings. The van der Waals surface area contributed by atoms with Crippen molar-refractivity contribution in [2.45, 2.75) is 13.8 Å². The summed E-state index contributed by atoms with van der Waals surface area (Å²) in [5, 5.41) is 3.35. The summed E-state index contributed by atoms with van der Waals surface area (Å²) in [4.78, 5) is 17.3. The zero-order chi connectivity index (χ0) is 12.4. The van der Waals surface area contributed by atoms with Gasteiger partial charge in [0.15, 0.2) is 5.13 Å². The maximum atomic E-state index is 11.9. The Balaban J connectivity index is 2.20. The number of nitrogen functional groups attached to an aromatic ring is 1. The van der Waals surface area contributed by atoms with Crippen molar-refractivity contribution in [2.24, 2.45) is 0 Å². The Morgan fingerprint density at radius 1 is 1.35 bits per heavy atom. The number of nitrogens with one attached hydrogen (secondary N) is 1.